The number of carbonyl (C=O) groups excluding carboxylic acids is 1. The molecule has 65 heavy (non-hydrogen) atoms. The summed E-state index contributed by atoms with van der Waals surface area (Å²) in [6, 6.07) is 8.82. The number of methoxy groups -OCH3 is 1. The average molecular weight is 911 g/mol. The Hall–Kier alpha value is -4.78. The van der Waals surface area contributed by atoms with Gasteiger partial charge in [-0.05, 0) is 93.2 Å². The Morgan fingerprint density at radius 3 is 2.49 bits per heavy atom. The number of aromatic nitrogens is 3. The number of rotatable bonds is 10. The molecule has 15 heteroatoms. The smallest absolute Gasteiger partial charge is 0.410 e. The van der Waals surface area contributed by atoms with E-state index in [0.717, 1.165) is 48.6 Å². The Morgan fingerprint density at radius 2 is 1.77 bits per heavy atom. The molecule has 7 heterocycles. The second-order valence-corrected chi connectivity index (χ2v) is 26.4. The van der Waals surface area contributed by atoms with Crippen LogP contribution < -0.4 is 19.1 Å². The van der Waals surface area contributed by atoms with Crippen molar-refractivity contribution in [2.75, 3.05) is 51.7 Å². The standard InChI is InChI=1S/C50H64F2N6O6Si/c1-29(2)65(30(3)4,31(5)6)20-17-32-13-11-14-33-21-36(63-28-60-10)22-37(40(32)33)43-42(52)44-41-45(55-47(54-44)62-27-50-18-12-19-56(50)24-34(51)23-50)57-25-35-15-16-38(39(57)26-61-46(41)53-43)58(35)48(59)64-49(7,8)9/h11,13-14,21-22,29-31,34-35,38-39H,12,15-16,18-19,23-28H2,1-10H3/t34-,35-,38+,39+,50-/m0/s1. The molecule has 0 aliphatic carbocycles. The van der Waals surface area contributed by atoms with Gasteiger partial charge in [0.05, 0.1) is 23.7 Å². The highest BCUT2D eigenvalue weighted by Gasteiger charge is 2.53. The summed E-state index contributed by atoms with van der Waals surface area (Å²) in [5, 5.41) is 1.85. The maximum absolute atomic E-state index is 18.1. The van der Waals surface area contributed by atoms with E-state index in [9.17, 15) is 9.18 Å². The lowest BCUT2D eigenvalue weighted by atomic mass is 9.95. The summed E-state index contributed by atoms with van der Waals surface area (Å²) < 4.78 is 63.6. The summed E-state index contributed by atoms with van der Waals surface area (Å²) >= 11 is 0. The minimum absolute atomic E-state index is 0.00564. The molecule has 1 amide bonds. The Kier molecular flexibility index (Phi) is 12.0. The van der Waals surface area contributed by atoms with Crippen molar-refractivity contribution in [3.63, 3.8) is 0 Å². The molecule has 2 aromatic heterocycles. The number of amides is 1. The Morgan fingerprint density at radius 1 is 1.00 bits per heavy atom. The molecule has 0 spiro atoms. The molecule has 5 atom stereocenters. The molecular weight excluding hydrogens is 847 g/mol. The fourth-order valence-electron chi connectivity index (χ4n) is 12.1. The van der Waals surface area contributed by atoms with E-state index in [-0.39, 0.29) is 67.3 Å². The van der Waals surface area contributed by atoms with Crippen LogP contribution in [0.2, 0.25) is 16.6 Å². The average Bonchev–Trinajstić information content (AvgIpc) is 3.85. The van der Waals surface area contributed by atoms with Crippen LogP contribution in [0.3, 0.4) is 0 Å². The van der Waals surface area contributed by atoms with E-state index in [1.165, 1.54) is 0 Å². The Balaban J connectivity index is 1.23. The van der Waals surface area contributed by atoms with Crippen LogP contribution in [0.25, 0.3) is 32.9 Å². The van der Waals surface area contributed by atoms with Crippen LogP contribution in [0, 0.1) is 17.3 Å². The summed E-state index contributed by atoms with van der Waals surface area (Å²) in [5.41, 5.74) is 5.18. The van der Waals surface area contributed by atoms with Crippen LogP contribution in [0.1, 0.15) is 100.0 Å². The van der Waals surface area contributed by atoms with Gasteiger partial charge in [0.15, 0.2) is 12.6 Å². The molecule has 9 rings (SSSR count). The summed E-state index contributed by atoms with van der Waals surface area (Å²) in [5.74, 6) is 4.05. The number of pyridine rings is 1. The van der Waals surface area contributed by atoms with Gasteiger partial charge in [0, 0.05) is 43.1 Å². The van der Waals surface area contributed by atoms with Gasteiger partial charge in [0.1, 0.15) is 61.2 Å². The summed E-state index contributed by atoms with van der Waals surface area (Å²) in [6.45, 7) is 21.2. The molecule has 348 valence electrons. The molecular formula is C50H64F2N6O6Si. The lowest BCUT2D eigenvalue weighted by Gasteiger charge is -2.46. The molecule has 4 aromatic rings. The van der Waals surface area contributed by atoms with Crippen molar-refractivity contribution in [3.8, 4) is 40.4 Å². The molecule has 12 nitrogen and oxygen atoms in total. The van der Waals surface area contributed by atoms with E-state index in [0.29, 0.717) is 58.7 Å². The molecule has 0 unspecified atom stereocenters. The van der Waals surface area contributed by atoms with Gasteiger partial charge < -0.3 is 28.6 Å². The van der Waals surface area contributed by atoms with E-state index in [1.54, 1.807) is 13.2 Å². The van der Waals surface area contributed by atoms with Crippen molar-refractivity contribution >= 4 is 41.7 Å². The number of hydrogen-bond acceptors (Lipinski definition) is 11. The van der Waals surface area contributed by atoms with Crippen molar-refractivity contribution in [3.05, 3.63) is 41.7 Å². The topological polar surface area (TPSA) is 112 Å². The van der Waals surface area contributed by atoms with Gasteiger partial charge in [-0.15, -0.1) is 5.54 Å². The zero-order valence-electron chi connectivity index (χ0n) is 39.6. The summed E-state index contributed by atoms with van der Waals surface area (Å²) in [7, 11) is -0.624. The highest BCUT2D eigenvalue weighted by Crippen LogP contribution is 2.48. The number of carbonyl (C=O) groups is 1. The number of hydrogen-bond donors (Lipinski definition) is 0. The van der Waals surface area contributed by atoms with Gasteiger partial charge >= 0.3 is 12.1 Å². The van der Waals surface area contributed by atoms with Crippen LogP contribution in [-0.2, 0) is 9.47 Å². The van der Waals surface area contributed by atoms with Gasteiger partial charge in [0.25, 0.3) is 0 Å². The van der Waals surface area contributed by atoms with Crippen LogP contribution in [0.4, 0.5) is 19.4 Å². The van der Waals surface area contributed by atoms with E-state index >= 15 is 4.39 Å². The van der Waals surface area contributed by atoms with Gasteiger partial charge in [-0.3, -0.25) is 9.80 Å². The monoisotopic (exact) mass is 910 g/mol. The molecule has 0 saturated carbocycles. The number of halogens is 2. The quantitative estimate of drug-likeness (QED) is 0.0862. The third kappa shape index (κ3) is 7.94. The van der Waals surface area contributed by atoms with Crippen LogP contribution in [0.5, 0.6) is 17.6 Å². The van der Waals surface area contributed by atoms with Gasteiger partial charge in [-0.25, -0.2) is 18.6 Å². The molecule has 0 N–H and O–H groups in total. The molecule has 4 fully saturated rings. The predicted molar refractivity (Wildman–Crippen MR) is 251 cm³/mol. The largest absolute Gasteiger partial charge is 0.475 e. The third-order valence-corrected chi connectivity index (χ3v) is 21.1. The molecule has 5 aliphatic heterocycles. The van der Waals surface area contributed by atoms with Crippen molar-refractivity contribution < 1.29 is 37.3 Å². The fraction of sp³-hybridized carbons (Fsp3) is 0.600. The minimum atomic E-state index is -2.17. The summed E-state index contributed by atoms with van der Waals surface area (Å²) in [4.78, 5) is 34.9. The first kappa shape index (κ1) is 45.4. The predicted octanol–water partition coefficient (Wildman–Crippen LogP) is 9.84. The second-order valence-electron chi connectivity index (χ2n) is 20.8. The molecule has 5 aliphatic rings. The zero-order valence-corrected chi connectivity index (χ0v) is 40.6. The van der Waals surface area contributed by atoms with Gasteiger partial charge in [0.2, 0.25) is 5.88 Å². The van der Waals surface area contributed by atoms with Crippen LogP contribution in [0.15, 0.2) is 30.3 Å². The van der Waals surface area contributed by atoms with Crippen molar-refractivity contribution in [2.24, 2.45) is 0 Å². The number of anilines is 1. The maximum Gasteiger partial charge on any atom is 0.410 e. The second kappa shape index (κ2) is 17.1. The van der Waals surface area contributed by atoms with Crippen LogP contribution in [-0.4, -0.2) is 121 Å². The number of ether oxygens (including phenoxy) is 5. The Bertz CT molecular complexity index is 2540. The first-order valence-corrected chi connectivity index (χ1v) is 25.7. The lowest BCUT2D eigenvalue weighted by Crippen LogP contribution is -2.63. The maximum atomic E-state index is 18.1. The first-order valence-electron chi connectivity index (χ1n) is 23.5. The summed E-state index contributed by atoms with van der Waals surface area (Å²) in [6.07, 6.45) is 2.29. The number of nitrogens with zero attached hydrogens (tertiary/aromatic N) is 6. The third-order valence-electron chi connectivity index (χ3n) is 14.8. The molecule has 4 saturated heterocycles. The van der Waals surface area contributed by atoms with Gasteiger partial charge in [-0.1, -0.05) is 59.6 Å². The van der Waals surface area contributed by atoms with Crippen molar-refractivity contribution in [1.29, 1.82) is 0 Å². The number of piperazine rings is 1. The number of benzene rings is 2. The van der Waals surface area contributed by atoms with Crippen molar-refractivity contribution in [1.82, 2.24) is 24.8 Å². The van der Waals surface area contributed by atoms with Crippen molar-refractivity contribution in [2.45, 2.75) is 146 Å². The Labute approximate surface area is 382 Å². The number of fused-ring (bicyclic) bond motifs is 7. The zero-order chi connectivity index (χ0) is 46.2. The van der Waals surface area contributed by atoms with E-state index in [2.05, 4.69) is 62.8 Å². The normalized spacial score (nSPS) is 24.0. The highest BCUT2D eigenvalue weighted by molar-refractivity contribution is 6.90. The highest BCUT2D eigenvalue weighted by atomic mass is 28.3. The molecule has 0 radical (unpaired) electrons. The molecule has 2 bridgehead atoms. The van der Waals surface area contributed by atoms with E-state index < -0.39 is 31.2 Å². The minimum Gasteiger partial charge on any atom is -0.475 e. The number of alkyl halides is 1. The first-order chi connectivity index (χ1) is 30.9. The molecule has 2 aromatic carbocycles. The van der Waals surface area contributed by atoms with E-state index in [1.807, 2.05) is 49.9 Å². The van der Waals surface area contributed by atoms with Gasteiger partial charge in [-0.2, -0.15) is 9.97 Å². The lowest BCUT2D eigenvalue weighted by molar-refractivity contribution is 0.00537. The van der Waals surface area contributed by atoms with E-state index in [4.69, 9.17) is 38.6 Å². The van der Waals surface area contributed by atoms with Crippen LogP contribution >= 0.6 is 0 Å². The SMILES string of the molecule is COCOc1cc(-c2nc3c4c(nc(OC[C@@]56CCCN5C[C@@H](F)C6)nc4c2F)N2C[C@@H]4CC[C@H]([C@H]2CO3)N4C(=O)OC(C)(C)C)c2c(C#C[Si](C(C)C)(C(C)C)C(C)C)cccc2c1. The fourth-order valence-corrected chi connectivity index (χ4v) is 17.3.